The zero-order chi connectivity index (χ0) is 9.78. The van der Waals surface area contributed by atoms with Crippen LogP contribution < -0.4 is 5.32 Å². The number of rotatable bonds is 4. The van der Waals surface area contributed by atoms with Gasteiger partial charge in [0.2, 0.25) is 0 Å². The number of carbonyl (C=O) groups excluding carboxylic acids is 1. The van der Waals surface area contributed by atoms with Crippen molar-refractivity contribution in [1.82, 2.24) is 5.32 Å². The summed E-state index contributed by atoms with van der Waals surface area (Å²) in [5.74, 6) is 0.186. The van der Waals surface area contributed by atoms with Crippen LogP contribution in [0.15, 0.2) is 0 Å². The normalized spacial score (nSPS) is 11.0. The molecule has 0 aliphatic carbocycles. The van der Waals surface area contributed by atoms with Crippen LogP contribution in [-0.4, -0.2) is 16.3 Å². The molecule has 0 aromatic rings. The second-order valence-electron chi connectivity index (χ2n) is 3.66. The van der Waals surface area contributed by atoms with Crippen LogP contribution in [0.2, 0.25) is 0 Å². The van der Waals surface area contributed by atoms with Gasteiger partial charge in [0, 0.05) is 12.0 Å². The van der Waals surface area contributed by atoms with Crippen molar-refractivity contribution < 1.29 is 4.79 Å². The van der Waals surface area contributed by atoms with Gasteiger partial charge in [0.15, 0.2) is 0 Å². The van der Waals surface area contributed by atoms with Crippen LogP contribution in [0.25, 0.3) is 0 Å². The molecule has 0 heterocycles. The van der Waals surface area contributed by atoms with Crippen molar-refractivity contribution in [2.24, 2.45) is 0 Å². The van der Waals surface area contributed by atoms with Crippen LogP contribution >= 0.6 is 12.2 Å². The average Bonchev–Trinajstić information content (AvgIpc) is 1.83. The van der Waals surface area contributed by atoms with Crippen LogP contribution in [0.4, 0.5) is 0 Å². The van der Waals surface area contributed by atoms with Gasteiger partial charge in [-0.1, -0.05) is 19.1 Å². The van der Waals surface area contributed by atoms with Gasteiger partial charge in [-0.05, 0) is 27.2 Å². The first-order valence-corrected chi connectivity index (χ1v) is 4.58. The number of nitrogens with one attached hydrogen (secondary N) is 1. The molecule has 0 spiro atoms. The van der Waals surface area contributed by atoms with E-state index in [1.807, 2.05) is 20.8 Å². The van der Waals surface area contributed by atoms with Crippen LogP contribution in [0.5, 0.6) is 0 Å². The quantitative estimate of drug-likeness (QED) is 0.683. The summed E-state index contributed by atoms with van der Waals surface area (Å²) in [6, 6.07) is 0. The van der Waals surface area contributed by atoms with Crippen molar-refractivity contribution in [3.63, 3.8) is 0 Å². The first-order chi connectivity index (χ1) is 5.37. The molecule has 0 aliphatic heterocycles. The van der Waals surface area contributed by atoms with E-state index >= 15 is 0 Å². The molecular weight excluding hydrogens is 170 g/mol. The maximum atomic E-state index is 10.8. The minimum Gasteiger partial charge on any atom is -0.374 e. The average molecular weight is 187 g/mol. The van der Waals surface area contributed by atoms with E-state index < -0.39 is 0 Å². The summed E-state index contributed by atoms with van der Waals surface area (Å²) in [5.41, 5.74) is -0.196. The molecule has 0 fully saturated rings. The first-order valence-electron chi connectivity index (χ1n) is 4.18. The molecule has 0 atom stereocenters. The Bertz CT molecular complexity index is 187. The Morgan fingerprint density at radius 2 is 2.00 bits per heavy atom. The maximum absolute atomic E-state index is 10.8. The van der Waals surface area contributed by atoms with E-state index in [0.29, 0.717) is 6.42 Å². The maximum Gasteiger partial charge on any atom is 0.132 e. The molecule has 0 radical (unpaired) electrons. The Morgan fingerprint density at radius 1 is 1.50 bits per heavy atom. The fraction of sp³-hybridized carbons (Fsp3) is 0.778. The third-order valence-corrected chi connectivity index (χ3v) is 1.88. The van der Waals surface area contributed by atoms with Gasteiger partial charge >= 0.3 is 0 Å². The fourth-order valence-corrected chi connectivity index (χ4v) is 1.41. The van der Waals surface area contributed by atoms with Gasteiger partial charge in [-0.2, -0.15) is 0 Å². The van der Waals surface area contributed by atoms with Gasteiger partial charge in [-0.15, -0.1) is 0 Å². The monoisotopic (exact) mass is 187 g/mol. The predicted molar refractivity (Wildman–Crippen MR) is 55.4 cm³/mol. The minimum atomic E-state index is -0.196. The minimum absolute atomic E-state index is 0.186. The number of carbonyl (C=O) groups is 1. The molecule has 0 aromatic carbocycles. The molecule has 0 amide bonds. The van der Waals surface area contributed by atoms with E-state index in [4.69, 9.17) is 12.2 Å². The van der Waals surface area contributed by atoms with Crippen molar-refractivity contribution in [3.8, 4) is 0 Å². The summed E-state index contributed by atoms with van der Waals surface area (Å²) in [7, 11) is 0. The molecule has 70 valence electrons. The highest BCUT2D eigenvalue weighted by Gasteiger charge is 2.19. The third kappa shape index (κ3) is 5.24. The van der Waals surface area contributed by atoms with Crippen LogP contribution in [0, 0.1) is 0 Å². The van der Waals surface area contributed by atoms with Gasteiger partial charge in [0.05, 0.1) is 4.99 Å². The first kappa shape index (κ1) is 11.6. The Morgan fingerprint density at radius 3 is 2.33 bits per heavy atom. The number of hydrogen-bond acceptors (Lipinski definition) is 2. The van der Waals surface area contributed by atoms with Crippen molar-refractivity contribution in [2.45, 2.75) is 46.1 Å². The van der Waals surface area contributed by atoms with E-state index in [1.54, 1.807) is 6.92 Å². The number of ketones is 1. The number of hydrogen-bond donors (Lipinski definition) is 1. The summed E-state index contributed by atoms with van der Waals surface area (Å²) in [4.78, 5) is 11.7. The summed E-state index contributed by atoms with van der Waals surface area (Å²) in [6.07, 6.45) is 1.35. The molecule has 0 aliphatic rings. The lowest BCUT2D eigenvalue weighted by molar-refractivity contribution is -0.118. The Labute approximate surface area is 79.7 Å². The standard InChI is InChI=1S/C9H17NOS/c1-5-8(12)10-9(3,4)6-7(2)11/h5-6H2,1-4H3,(H,10,12). The molecule has 12 heavy (non-hydrogen) atoms. The van der Waals surface area contributed by atoms with Crippen molar-refractivity contribution in [1.29, 1.82) is 0 Å². The van der Waals surface area contributed by atoms with Gasteiger partial charge in [-0.25, -0.2) is 0 Å². The molecule has 0 saturated heterocycles. The highest BCUT2D eigenvalue weighted by molar-refractivity contribution is 7.80. The molecule has 0 unspecified atom stereocenters. The highest BCUT2D eigenvalue weighted by Crippen LogP contribution is 2.09. The van der Waals surface area contributed by atoms with E-state index in [2.05, 4.69) is 5.32 Å². The van der Waals surface area contributed by atoms with Crippen LogP contribution in [0.3, 0.4) is 0 Å². The topological polar surface area (TPSA) is 29.1 Å². The number of thiocarbonyl (C=S) groups is 1. The highest BCUT2D eigenvalue weighted by atomic mass is 32.1. The summed E-state index contributed by atoms with van der Waals surface area (Å²) >= 11 is 5.03. The van der Waals surface area contributed by atoms with E-state index in [0.717, 1.165) is 11.4 Å². The predicted octanol–water partition coefficient (Wildman–Crippen LogP) is 2.07. The lowest BCUT2D eigenvalue weighted by Crippen LogP contribution is -2.43. The van der Waals surface area contributed by atoms with Gasteiger partial charge in [0.1, 0.15) is 5.78 Å². The largest absolute Gasteiger partial charge is 0.374 e. The lowest BCUT2D eigenvalue weighted by Gasteiger charge is -2.26. The Kier molecular flexibility index (Phi) is 4.39. The van der Waals surface area contributed by atoms with Crippen LogP contribution in [-0.2, 0) is 4.79 Å². The van der Waals surface area contributed by atoms with Gasteiger partial charge in [0.25, 0.3) is 0 Å². The zero-order valence-electron chi connectivity index (χ0n) is 8.23. The van der Waals surface area contributed by atoms with E-state index in [-0.39, 0.29) is 11.3 Å². The molecule has 3 heteroatoms. The molecule has 1 N–H and O–H groups in total. The van der Waals surface area contributed by atoms with E-state index in [1.165, 1.54) is 0 Å². The van der Waals surface area contributed by atoms with Gasteiger partial charge in [-0.3, -0.25) is 4.79 Å². The molecule has 0 rings (SSSR count). The Hall–Kier alpha value is -0.440. The second-order valence-corrected chi connectivity index (χ2v) is 4.16. The molecule has 0 saturated carbocycles. The van der Waals surface area contributed by atoms with Crippen molar-refractivity contribution >= 4 is 23.0 Å². The Balaban J connectivity index is 4.03. The number of Topliss-reactive ketones (excluding diaryl/α,β-unsaturated/α-hetero) is 1. The molecular formula is C9H17NOS. The smallest absolute Gasteiger partial charge is 0.132 e. The zero-order valence-corrected chi connectivity index (χ0v) is 9.05. The molecule has 2 nitrogen and oxygen atoms in total. The van der Waals surface area contributed by atoms with E-state index in [9.17, 15) is 4.79 Å². The van der Waals surface area contributed by atoms with Gasteiger partial charge < -0.3 is 5.32 Å². The molecule has 0 bridgehead atoms. The fourth-order valence-electron chi connectivity index (χ4n) is 1.13. The van der Waals surface area contributed by atoms with Crippen LogP contribution in [0.1, 0.15) is 40.5 Å². The van der Waals surface area contributed by atoms with Crippen molar-refractivity contribution in [3.05, 3.63) is 0 Å². The lowest BCUT2D eigenvalue weighted by atomic mass is 9.98. The second kappa shape index (κ2) is 4.55. The third-order valence-electron chi connectivity index (χ3n) is 1.49. The summed E-state index contributed by atoms with van der Waals surface area (Å²) in [5, 5.41) is 3.15. The summed E-state index contributed by atoms with van der Waals surface area (Å²) in [6.45, 7) is 7.56. The molecule has 0 aromatic heterocycles. The summed E-state index contributed by atoms with van der Waals surface area (Å²) < 4.78 is 0. The SMILES string of the molecule is CCC(=S)NC(C)(C)CC(C)=O. The van der Waals surface area contributed by atoms with Crippen molar-refractivity contribution in [2.75, 3.05) is 0 Å².